The molecule has 0 aliphatic carbocycles. The quantitative estimate of drug-likeness (QED) is 0.614. The predicted molar refractivity (Wildman–Crippen MR) is 95.1 cm³/mol. The van der Waals surface area contributed by atoms with Crippen LogP contribution in [0.25, 0.3) is 16.7 Å². The summed E-state index contributed by atoms with van der Waals surface area (Å²) in [5.74, 6) is 2.21. The van der Waals surface area contributed by atoms with Crippen molar-refractivity contribution in [2.45, 2.75) is 0 Å². The zero-order chi connectivity index (χ0) is 16.4. The van der Waals surface area contributed by atoms with Crippen LogP contribution < -0.4 is 10.1 Å². The van der Waals surface area contributed by atoms with E-state index in [4.69, 9.17) is 4.74 Å². The Morgan fingerprint density at radius 1 is 0.958 bits per heavy atom. The Morgan fingerprint density at radius 3 is 2.67 bits per heavy atom. The molecule has 0 saturated carbocycles. The van der Waals surface area contributed by atoms with Crippen molar-refractivity contribution >= 4 is 22.5 Å². The third-order valence-electron chi connectivity index (χ3n) is 3.83. The van der Waals surface area contributed by atoms with Crippen LogP contribution in [0.5, 0.6) is 5.75 Å². The van der Waals surface area contributed by atoms with Gasteiger partial charge in [0.25, 0.3) is 0 Å². The number of hydrogen-bond donors (Lipinski definition) is 1. The van der Waals surface area contributed by atoms with Gasteiger partial charge in [-0.15, -0.1) is 0 Å². The highest BCUT2D eigenvalue weighted by atomic mass is 16.5. The Labute approximate surface area is 139 Å². The van der Waals surface area contributed by atoms with Crippen molar-refractivity contribution in [2.24, 2.45) is 0 Å². The molecule has 1 N–H and O–H groups in total. The molecule has 2 aromatic carbocycles. The van der Waals surface area contributed by atoms with Gasteiger partial charge in [0.1, 0.15) is 11.6 Å². The predicted octanol–water partition coefficient (Wildman–Crippen LogP) is 4.17. The minimum atomic E-state index is 0.559. The molecule has 0 aliphatic heterocycles. The van der Waals surface area contributed by atoms with Gasteiger partial charge < -0.3 is 14.6 Å². The molecule has 5 heteroatoms. The fourth-order valence-electron chi connectivity index (χ4n) is 2.71. The summed E-state index contributed by atoms with van der Waals surface area (Å²) in [6.45, 7) is 0. The molecule has 0 fully saturated rings. The molecule has 24 heavy (non-hydrogen) atoms. The summed E-state index contributed by atoms with van der Waals surface area (Å²) in [5.41, 5.74) is 1.99. The van der Waals surface area contributed by atoms with E-state index < -0.39 is 0 Å². The fraction of sp³-hybridized carbons (Fsp3) is 0.0526. The molecule has 0 radical (unpaired) electrons. The second kappa shape index (κ2) is 6.04. The van der Waals surface area contributed by atoms with Gasteiger partial charge in [-0.05, 0) is 36.4 Å². The second-order valence-electron chi connectivity index (χ2n) is 5.31. The van der Waals surface area contributed by atoms with E-state index in [1.165, 1.54) is 0 Å². The number of benzene rings is 2. The van der Waals surface area contributed by atoms with Crippen LogP contribution in [0.2, 0.25) is 0 Å². The Kier molecular flexibility index (Phi) is 3.59. The number of hydrogen-bond acceptors (Lipinski definition) is 4. The minimum absolute atomic E-state index is 0.559. The van der Waals surface area contributed by atoms with Crippen molar-refractivity contribution in [1.82, 2.24) is 14.5 Å². The number of nitrogens with one attached hydrogen (secondary N) is 1. The Morgan fingerprint density at radius 2 is 1.83 bits per heavy atom. The molecule has 2 heterocycles. The maximum atomic E-state index is 5.42. The van der Waals surface area contributed by atoms with Crippen LogP contribution in [0, 0.1) is 0 Å². The molecule has 0 amide bonds. The average molecular weight is 316 g/mol. The zero-order valence-electron chi connectivity index (χ0n) is 13.2. The van der Waals surface area contributed by atoms with Crippen molar-refractivity contribution < 1.29 is 4.74 Å². The van der Waals surface area contributed by atoms with Gasteiger partial charge in [-0.3, -0.25) is 0 Å². The largest absolute Gasteiger partial charge is 0.496 e. The van der Waals surface area contributed by atoms with E-state index in [0.29, 0.717) is 5.95 Å². The molecule has 0 unspecified atom stereocenters. The van der Waals surface area contributed by atoms with Crippen LogP contribution in [-0.4, -0.2) is 21.6 Å². The fourth-order valence-corrected chi connectivity index (χ4v) is 2.71. The third-order valence-corrected chi connectivity index (χ3v) is 3.83. The van der Waals surface area contributed by atoms with E-state index in [1.54, 1.807) is 13.3 Å². The van der Waals surface area contributed by atoms with E-state index >= 15 is 0 Å². The van der Waals surface area contributed by atoms with Crippen LogP contribution in [0.1, 0.15) is 0 Å². The highest BCUT2D eigenvalue weighted by molar-refractivity contribution is 5.87. The maximum Gasteiger partial charge on any atom is 0.229 e. The first kappa shape index (κ1) is 14.3. The molecule has 0 atom stereocenters. The van der Waals surface area contributed by atoms with Crippen molar-refractivity contribution in [2.75, 3.05) is 12.4 Å². The highest BCUT2D eigenvalue weighted by Gasteiger charge is 2.09. The van der Waals surface area contributed by atoms with Gasteiger partial charge in [0, 0.05) is 23.5 Å². The Hall–Kier alpha value is -3.34. The van der Waals surface area contributed by atoms with Gasteiger partial charge in [-0.1, -0.05) is 24.3 Å². The SMILES string of the molecule is COc1cccc2c1ccn2-c1ccnc(Nc2ccccc2)n1. The molecule has 2 aromatic heterocycles. The van der Waals surface area contributed by atoms with E-state index in [2.05, 4.69) is 15.3 Å². The number of methoxy groups -OCH3 is 1. The van der Waals surface area contributed by atoms with Crippen LogP contribution in [-0.2, 0) is 0 Å². The number of fused-ring (bicyclic) bond motifs is 1. The zero-order valence-corrected chi connectivity index (χ0v) is 13.2. The molecule has 5 nitrogen and oxygen atoms in total. The Balaban J connectivity index is 1.74. The first-order chi connectivity index (χ1) is 11.8. The number of anilines is 2. The van der Waals surface area contributed by atoms with E-state index in [0.717, 1.165) is 28.2 Å². The monoisotopic (exact) mass is 316 g/mol. The van der Waals surface area contributed by atoms with Crippen molar-refractivity contribution in [3.63, 3.8) is 0 Å². The molecule has 4 rings (SSSR count). The van der Waals surface area contributed by atoms with Gasteiger partial charge in [-0.25, -0.2) is 4.98 Å². The lowest BCUT2D eigenvalue weighted by Crippen LogP contribution is -2.01. The van der Waals surface area contributed by atoms with Crippen molar-refractivity contribution in [1.29, 1.82) is 0 Å². The third kappa shape index (κ3) is 2.56. The van der Waals surface area contributed by atoms with Gasteiger partial charge in [0.2, 0.25) is 5.95 Å². The molecular formula is C19H16N4O. The summed E-state index contributed by atoms with van der Waals surface area (Å²) in [6.07, 6.45) is 3.74. The second-order valence-corrected chi connectivity index (χ2v) is 5.31. The van der Waals surface area contributed by atoms with E-state index in [1.807, 2.05) is 71.4 Å². The summed E-state index contributed by atoms with van der Waals surface area (Å²) < 4.78 is 7.44. The minimum Gasteiger partial charge on any atom is -0.496 e. The van der Waals surface area contributed by atoms with Crippen molar-refractivity contribution in [3.8, 4) is 11.6 Å². The van der Waals surface area contributed by atoms with Crippen molar-refractivity contribution in [3.05, 3.63) is 73.1 Å². The number of aromatic nitrogens is 3. The first-order valence-corrected chi connectivity index (χ1v) is 7.65. The topological polar surface area (TPSA) is 52.0 Å². The van der Waals surface area contributed by atoms with Crippen LogP contribution >= 0.6 is 0 Å². The molecule has 0 bridgehead atoms. The standard InChI is InChI=1S/C19H16N4O/c1-24-17-9-5-8-16-15(17)11-13-23(16)18-10-12-20-19(22-18)21-14-6-3-2-4-7-14/h2-13H,1H3,(H,20,21,22). The van der Waals surface area contributed by atoms with Gasteiger partial charge in [0.05, 0.1) is 12.6 Å². The normalized spacial score (nSPS) is 10.7. The summed E-state index contributed by atoms with van der Waals surface area (Å²) in [7, 11) is 1.68. The van der Waals surface area contributed by atoms with Gasteiger partial charge in [0.15, 0.2) is 0 Å². The first-order valence-electron chi connectivity index (χ1n) is 7.65. The van der Waals surface area contributed by atoms with E-state index in [-0.39, 0.29) is 0 Å². The summed E-state index contributed by atoms with van der Waals surface area (Å²) in [5, 5.41) is 4.27. The molecule has 0 spiro atoms. The summed E-state index contributed by atoms with van der Waals surface area (Å²) >= 11 is 0. The lowest BCUT2D eigenvalue weighted by molar-refractivity contribution is 0.420. The molecular weight excluding hydrogens is 300 g/mol. The number of rotatable bonds is 4. The lowest BCUT2D eigenvalue weighted by Gasteiger charge is -2.08. The highest BCUT2D eigenvalue weighted by Crippen LogP contribution is 2.28. The van der Waals surface area contributed by atoms with Crippen LogP contribution in [0.15, 0.2) is 73.1 Å². The molecule has 118 valence electrons. The van der Waals surface area contributed by atoms with Crippen LogP contribution in [0.4, 0.5) is 11.6 Å². The molecule has 0 saturated heterocycles. The maximum absolute atomic E-state index is 5.42. The van der Waals surface area contributed by atoms with Gasteiger partial charge in [-0.2, -0.15) is 4.98 Å². The van der Waals surface area contributed by atoms with Gasteiger partial charge >= 0.3 is 0 Å². The van der Waals surface area contributed by atoms with Crippen LogP contribution in [0.3, 0.4) is 0 Å². The smallest absolute Gasteiger partial charge is 0.229 e. The Bertz CT molecular complexity index is 979. The molecule has 4 aromatic rings. The molecule has 0 aliphatic rings. The lowest BCUT2D eigenvalue weighted by atomic mass is 10.2. The average Bonchev–Trinajstić information content (AvgIpc) is 3.07. The number of para-hydroxylation sites is 1. The summed E-state index contributed by atoms with van der Waals surface area (Å²) in [4.78, 5) is 8.91. The summed E-state index contributed by atoms with van der Waals surface area (Å²) in [6, 6.07) is 19.8. The number of nitrogens with zero attached hydrogens (tertiary/aromatic N) is 3. The number of ether oxygens (including phenoxy) is 1. The van der Waals surface area contributed by atoms with E-state index in [9.17, 15) is 0 Å².